The van der Waals surface area contributed by atoms with Gasteiger partial charge >= 0.3 is 0 Å². The number of rotatable bonds is 3. The van der Waals surface area contributed by atoms with Crippen molar-refractivity contribution in [3.63, 3.8) is 0 Å². The first-order valence-electron chi connectivity index (χ1n) is 6.01. The van der Waals surface area contributed by atoms with E-state index in [4.69, 9.17) is 4.52 Å². The third kappa shape index (κ3) is 1.87. The number of nitrogens with one attached hydrogen (secondary N) is 1. The fourth-order valence-corrected chi connectivity index (χ4v) is 2.03. The zero-order chi connectivity index (χ0) is 14.1. The number of nitrogens with zero attached hydrogens (tertiary/aromatic N) is 2. The van der Waals surface area contributed by atoms with Gasteiger partial charge in [-0.05, 0) is 19.1 Å². The van der Waals surface area contributed by atoms with Crippen molar-refractivity contribution < 1.29 is 9.32 Å². The number of para-hydroxylation sites is 1. The van der Waals surface area contributed by atoms with E-state index < -0.39 is 11.3 Å². The Morgan fingerprint density at radius 1 is 1.25 bits per heavy atom. The topological polar surface area (TPSA) is 80.9 Å². The smallest absolute Gasteiger partial charge is 0.282 e. The highest BCUT2D eigenvalue weighted by Gasteiger charge is 2.23. The quantitative estimate of drug-likeness (QED) is 0.734. The molecule has 3 rings (SSSR count). The Morgan fingerprint density at radius 3 is 2.65 bits per heavy atom. The van der Waals surface area contributed by atoms with Gasteiger partial charge in [-0.1, -0.05) is 23.4 Å². The average Bonchev–Trinajstić information content (AvgIpc) is 3.08. The first kappa shape index (κ1) is 12.2. The SMILES string of the molecule is Cc1[nH]n(-c2ccccc2)c(=O)c1C(=O)c1ccno1. The minimum atomic E-state index is -0.476. The molecule has 0 atom stereocenters. The van der Waals surface area contributed by atoms with Crippen LogP contribution in [0.3, 0.4) is 0 Å². The van der Waals surface area contributed by atoms with Gasteiger partial charge in [0.05, 0.1) is 11.9 Å². The van der Waals surface area contributed by atoms with Crippen molar-refractivity contribution in [2.75, 3.05) is 0 Å². The molecule has 0 aliphatic carbocycles. The van der Waals surface area contributed by atoms with Gasteiger partial charge in [-0.15, -0.1) is 0 Å². The summed E-state index contributed by atoms with van der Waals surface area (Å²) in [4.78, 5) is 24.6. The van der Waals surface area contributed by atoms with Crippen LogP contribution in [0.4, 0.5) is 0 Å². The van der Waals surface area contributed by atoms with Crippen LogP contribution < -0.4 is 5.56 Å². The summed E-state index contributed by atoms with van der Waals surface area (Å²) in [5.41, 5.74) is 0.804. The molecule has 0 amide bonds. The Bertz CT molecular complexity index is 798. The number of aryl methyl sites for hydroxylation is 1. The number of aromatic nitrogens is 3. The van der Waals surface area contributed by atoms with E-state index in [9.17, 15) is 9.59 Å². The van der Waals surface area contributed by atoms with Crippen LogP contribution in [0.25, 0.3) is 5.69 Å². The van der Waals surface area contributed by atoms with Crippen LogP contribution >= 0.6 is 0 Å². The maximum absolute atomic E-state index is 12.4. The lowest BCUT2D eigenvalue weighted by atomic mass is 10.1. The van der Waals surface area contributed by atoms with Crippen molar-refractivity contribution in [1.82, 2.24) is 14.9 Å². The summed E-state index contributed by atoms with van der Waals surface area (Å²) in [7, 11) is 0. The molecule has 0 unspecified atom stereocenters. The van der Waals surface area contributed by atoms with Crippen molar-refractivity contribution >= 4 is 5.78 Å². The fourth-order valence-electron chi connectivity index (χ4n) is 2.03. The maximum atomic E-state index is 12.4. The molecule has 0 radical (unpaired) electrons. The van der Waals surface area contributed by atoms with Gasteiger partial charge in [0.1, 0.15) is 5.56 Å². The number of aromatic amines is 1. The Labute approximate surface area is 113 Å². The fraction of sp³-hybridized carbons (Fsp3) is 0.0714. The molecule has 0 spiro atoms. The summed E-state index contributed by atoms with van der Waals surface area (Å²) in [6.45, 7) is 1.67. The van der Waals surface area contributed by atoms with Crippen molar-refractivity contribution in [2.45, 2.75) is 6.92 Å². The molecule has 2 aromatic heterocycles. The van der Waals surface area contributed by atoms with E-state index in [-0.39, 0.29) is 11.3 Å². The highest BCUT2D eigenvalue weighted by molar-refractivity contribution is 6.07. The lowest BCUT2D eigenvalue weighted by Crippen LogP contribution is -2.20. The predicted molar refractivity (Wildman–Crippen MR) is 71.1 cm³/mol. The second-order valence-corrected chi connectivity index (χ2v) is 4.29. The molecule has 1 N–H and O–H groups in total. The Balaban J connectivity index is 2.13. The Kier molecular flexibility index (Phi) is 2.83. The molecule has 1 aromatic carbocycles. The highest BCUT2D eigenvalue weighted by atomic mass is 16.5. The Morgan fingerprint density at radius 2 is 2.00 bits per heavy atom. The van der Waals surface area contributed by atoms with Crippen molar-refractivity contribution in [2.24, 2.45) is 0 Å². The van der Waals surface area contributed by atoms with E-state index in [1.54, 1.807) is 19.1 Å². The van der Waals surface area contributed by atoms with Gasteiger partial charge in [0.2, 0.25) is 11.5 Å². The van der Waals surface area contributed by atoms with Crippen molar-refractivity contribution in [1.29, 1.82) is 0 Å². The molecule has 0 saturated heterocycles. The van der Waals surface area contributed by atoms with E-state index in [1.807, 2.05) is 18.2 Å². The third-order valence-corrected chi connectivity index (χ3v) is 2.97. The largest absolute Gasteiger partial charge is 0.353 e. The molecule has 6 nitrogen and oxygen atoms in total. The summed E-state index contributed by atoms with van der Waals surface area (Å²) >= 11 is 0. The highest BCUT2D eigenvalue weighted by Crippen LogP contribution is 2.11. The van der Waals surface area contributed by atoms with Gasteiger partial charge in [-0.2, -0.15) is 0 Å². The first-order valence-corrected chi connectivity index (χ1v) is 6.01. The number of benzene rings is 1. The van der Waals surface area contributed by atoms with Crippen LogP contribution in [0.2, 0.25) is 0 Å². The number of hydrogen-bond acceptors (Lipinski definition) is 4. The lowest BCUT2D eigenvalue weighted by Gasteiger charge is -1.99. The average molecular weight is 269 g/mol. The van der Waals surface area contributed by atoms with E-state index in [0.29, 0.717) is 11.4 Å². The van der Waals surface area contributed by atoms with E-state index in [2.05, 4.69) is 10.3 Å². The molecule has 0 fully saturated rings. The zero-order valence-corrected chi connectivity index (χ0v) is 10.7. The minimum absolute atomic E-state index is 0.0458. The molecule has 2 heterocycles. The van der Waals surface area contributed by atoms with Crippen LogP contribution in [0.5, 0.6) is 0 Å². The maximum Gasteiger partial charge on any atom is 0.282 e. The monoisotopic (exact) mass is 269 g/mol. The summed E-state index contributed by atoms with van der Waals surface area (Å²) in [5, 5.41) is 6.37. The third-order valence-electron chi connectivity index (χ3n) is 2.97. The molecule has 0 bridgehead atoms. The lowest BCUT2D eigenvalue weighted by molar-refractivity contribution is 0.0999. The van der Waals surface area contributed by atoms with Crippen molar-refractivity contribution in [3.8, 4) is 5.69 Å². The van der Waals surface area contributed by atoms with E-state index >= 15 is 0 Å². The van der Waals surface area contributed by atoms with Crippen LogP contribution in [-0.4, -0.2) is 20.7 Å². The normalized spacial score (nSPS) is 10.7. The first-order chi connectivity index (χ1) is 9.68. The standard InChI is InChI=1S/C14H11N3O3/c1-9-12(13(18)11-7-8-15-20-11)14(19)17(16-9)10-5-3-2-4-6-10/h2-8,16H,1H3. The number of ketones is 1. The molecule has 0 aliphatic rings. The van der Waals surface area contributed by atoms with Gasteiger partial charge < -0.3 is 4.52 Å². The predicted octanol–water partition coefficient (Wildman–Crippen LogP) is 1.69. The summed E-state index contributed by atoms with van der Waals surface area (Å²) < 4.78 is 6.15. The van der Waals surface area contributed by atoms with Gasteiger partial charge in [0.15, 0.2) is 0 Å². The summed E-state index contributed by atoms with van der Waals surface area (Å²) in [6.07, 6.45) is 1.37. The van der Waals surface area contributed by atoms with Crippen LogP contribution in [0.1, 0.15) is 21.8 Å². The zero-order valence-electron chi connectivity index (χ0n) is 10.7. The van der Waals surface area contributed by atoms with Crippen LogP contribution in [0.15, 0.2) is 51.9 Å². The second kappa shape index (κ2) is 4.65. The number of carbonyl (C=O) groups is 1. The molecule has 20 heavy (non-hydrogen) atoms. The van der Waals surface area contributed by atoms with E-state index in [0.717, 1.165) is 0 Å². The number of carbonyl (C=O) groups excluding carboxylic acids is 1. The van der Waals surface area contributed by atoms with Gasteiger partial charge in [-0.3, -0.25) is 14.7 Å². The number of hydrogen-bond donors (Lipinski definition) is 1. The summed E-state index contributed by atoms with van der Waals surface area (Å²) in [6, 6.07) is 10.5. The molecule has 3 aromatic rings. The minimum Gasteiger partial charge on any atom is -0.353 e. The van der Waals surface area contributed by atoms with E-state index in [1.165, 1.54) is 16.9 Å². The van der Waals surface area contributed by atoms with Gasteiger partial charge in [0.25, 0.3) is 5.56 Å². The van der Waals surface area contributed by atoms with Crippen molar-refractivity contribution in [3.05, 3.63) is 70.0 Å². The molecular weight excluding hydrogens is 258 g/mol. The molecule has 0 saturated carbocycles. The molecular formula is C14H11N3O3. The van der Waals surface area contributed by atoms with Gasteiger partial charge in [0, 0.05) is 11.8 Å². The van der Waals surface area contributed by atoms with Crippen LogP contribution in [-0.2, 0) is 0 Å². The molecule has 6 heteroatoms. The second-order valence-electron chi connectivity index (χ2n) is 4.29. The molecule has 0 aliphatic heterocycles. The number of H-pyrrole nitrogens is 1. The molecule has 100 valence electrons. The van der Waals surface area contributed by atoms with Gasteiger partial charge in [-0.25, -0.2) is 4.68 Å². The summed E-state index contributed by atoms with van der Waals surface area (Å²) in [5.74, 6) is -0.430. The Hall–Kier alpha value is -2.89. The van der Waals surface area contributed by atoms with Crippen LogP contribution in [0, 0.1) is 6.92 Å².